The summed E-state index contributed by atoms with van der Waals surface area (Å²) in [5.74, 6) is 0.769. The van der Waals surface area contributed by atoms with Gasteiger partial charge < -0.3 is 12.9 Å². The molecule has 0 spiro atoms. The van der Waals surface area contributed by atoms with Crippen molar-refractivity contribution in [3.8, 4) is 16.9 Å². The second kappa shape index (κ2) is 16.3. The van der Waals surface area contributed by atoms with E-state index in [-0.39, 0.29) is 0 Å². The molecule has 1 aromatic heterocycles. The second-order valence-electron chi connectivity index (χ2n) is 11.9. The van der Waals surface area contributed by atoms with Gasteiger partial charge in [0.15, 0.2) is 5.75 Å². The van der Waals surface area contributed by atoms with Crippen LogP contribution in [0.25, 0.3) is 54.6 Å². The van der Waals surface area contributed by atoms with Crippen molar-refractivity contribution < 1.29 is 24.0 Å². The number of benzene rings is 8. The number of halogens is 2. The van der Waals surface area contributed by atoms with Crippen LogP contribution in [0, 0.1) is 0 Å². The first-order valence-electron chi connectivity index (χ1n) is 16.5. The van der Waals surface area contributed by atoms with Gasteiger partial charge in [0.2, 0.25) is 0 Å². The number of hydrogen-bond acceptors (Lipinski definition) is 3. The zero-order chi connectivity index (χ0) is 35.3. The molecule has 0 bridgehead atoms. The van der Waals surface area contributed by atoms with Gasteiger partial charge in [-0.3, -0.25) is 0 Å². The van der Waals surface area contributed by atoms with E-state index in [2.05, 4.69) is 204 Å². The third-order valence-electron chi connectivity index (χ3n) is 8.89. The average molecular weight is 887 g/mol. The zero-order valence-corrected chi connectivity index (χ0v) is 33.5. The SMILES string of the molecule is [Br][Co][Br].c1ccc(-c2cccc(P(c3ccccc3)c3ccccc3)c2Op2oc3ccc4ccccc4c3c3c(ccc4ccccc43)o2)cc1. The van der Waals surface area contributed by atoms with Gasteiger partial charge in [-0.05, 0) is 57.8 Å². The fraction of sp³-hybridized carbons (Fsp3) is 0. The summed E-state index contributed by atoms with van der Waals surface area (Å²) < 4.78 is 20.9. The van der Waals surface area contributed by atoms with E-state index in [1.807, 2.05) is 6.07 Å². The molecule has 3 nitrogen and oxygen atoms in total. The molecule has 0 radical (unpaired) electrons. The molecule has 0 aliphatic rings. The summed E-state index contributed by atoms with van der Waals surface area (Å²) >= 11 is 7.12. The summed E-state index contributed by atoms with van der Waals surface area (Å²) in [6, 6.07) is 63.6. The average Bonchev–Trinajstić information content (AvgIpc) is 3.37. The van der Waals surface area contributed by atoms with Crippen molar-refractivity contribution in [1.29, 1.82) is 0 Å². The van der Waals surface area contributed by atoms with Crippen molar-refractivity contribution in [1.82, 2.24) is 0 Å². The van der Waals surface area contributed by atoms with Crippen LogP contribution in [0.2, 0.25) is 0 Å². The summed E-state index contributed by atoms with van der Waals surface area (Å²) in [5, 5.41) is 10.1. The molecule has 0 amide bonds. The number of hydrogen-bond donors (Lipinski definition) is 0. The molecule has 8 aromatic carbocycles. The Kier molecular flexibility index (Phi) is 10.9. The van der Waals surface area contributed by atoms with Gasteiger partial charge in [-0.2, -0.15) is 0 Å². The Morgan fingerprint density at radius 2 is 0.942 bits per heavy atom. The fourth-order valence-electron chi connectivity index (χ4n) is 6.69. The maximum atomic E-state index is 7.15. The largest absolute Gasteiger partial charge is 0.453 e. The summed E-state index contributed by atoms with van der Waals surface area (Å²) in [7, 11) is -2.92. The first-order valence-corrected chi connectivity index (χ1v) is 24.1. The summed E-state index contributed by atoms with van der Waals surface area (Å²) in [5.41, 5.74) is 3.55. The van der Waals surface area contributed by atoms with E-state index in [1.165, 1.54) is 10.6 Å². The Balaban J connectivity index is 0.00000125. The topological polar surface area (TPSA) is 35.5 Å². The Morgan fingerprint density at radius 3 is 1.46 bits per heavy atom. The van der Waals surface area contributed by atoms with Gasteiger partial charge in [-0.25, -0.2) is 0 Å². The molecule has 0 saturated carbocycles. The van der Waals surface area contributed by atoms with Gasteiger partial charge in [0, 0.05) is 21.6 Å². The molecular weight excluding hydrogens is 857 g/mol. The van der Waals surface area contributed by atoms with Gasteiger partial charge in [0.1, 0.15) is 11.2 Å². The number of rotatable bonds is 6. The Hall–Kier alpha value is -4.12. The standard InChI is InChI=1S/C44H30O3P2.2BrH.Co/c1-4-15-31(16-5-1)38-25-14-26-41(48(34-19-6-2-7-20-34)35-21-8-3-9-22-35)44(38)47-49-45-39-29-27-32-17-10-12-23-36(32)42(39)43-37-24-13-11-18-33(37)28-30-40(43)46-49;;;/h1-30H;2*1H;/q;;;+2/p-2. The third-order valence-corrected chi connectivity index (χ3v) is 12.4. The second-order valence-corrected chi connectivity index (χ2v) is 20.3. The Bertz CT molecular complexity index is 2540. The smallest absolute Gasteiger partial charge is 0.390 e. The fourth-order valence-corrected chi connectivity index (χ4v) is 10.2. The predicted octanol–water partition coefficient (Wildman–Crippen LogP) is 13.6. The van der Waals surface area contributed by atoms with Gasteiger partial charge in [0.25, 0.3) is 0 Å². The van der Waals surface area contributed by atoms with E-state index in [4.69, 9.17) is 12.9 Å². The maximum Gasteiger partial charge on any atom is 0.453 e. The summed E-state index contributed by atoms with van der Waals surface area (Å²) in [6.45, 7) is 0. The monoisotopic (exact) mass is 885 g/mol. The summed E-state index contributed by atoms with van der Waals surface area (Å²) in [4.78, 5) is 0. The van der Waals surface area contributed by atoms with E-state index in [9.17, 15) is 0 Å². The van der Waals surface area contributed by atoms with Crippen molar-refractivity contribution in [2.24, 2.45) is 0 Å². The van der Waals surface area contributed by atoms with Crippen LogP contribution in [-0.2, 0) is 11.1 Å². The van der Waals surface area contributed by atoms with Crippen LogP contribution in [0.1, 0.15) is 0 Å². The molecule has 0 saturated heterocycles. The summed E-state index contributed by atoms with van der Waals surface area (Å²) in [6.07, 6.45) is 0. The minimum atomic E-state index is -1.93. The minimum absolute atomic E-state index is 0.743. The number of para-hydroxylation sites is 1. The molecule has 0 N–H and O–H groups in total. The molecule has 0 fully saturated rings. The van der Waals surface area contributed by atoms with Gasteiger partial charge in [-0.1, -0.05) is 170 Å². The van der Waals surface area contributed by atoms with Gasteiger partial charge in [-0.15, -0.1) is 0 Å². The molecule has 9 rings (SSSR count). The zero-order valence-electron chi connectivity index (χ0n) is 27.5. The molecule has 52 heavy (non-hydrogen) atoms. The minimum Gasteiger partial charge on any atom is -0.390 e. The van der Waals surface area contributed by atoms with Crippen LogP contribution >= 0.6 is 44.5 Å². The molecular formula is C44H30Br2CoO3P2. The molecule has 9 aromatic rings. The van der Waals surface area contributed by atoms with Crippen LogP contribution in [0.15, 0.2) is 190 Å². The molecule has 0 atom stereocenters. The van der Waals surface area contributed by atoms with Crippen LogP contribution in [0.4, 0.5) is 0 Å². The van der Waals surface area contributed by atoms with E-state index >= 15 is 0 Å². The third kappa shape index (κ3) is 7.12. The number of fused-ring (bicyclic) bond motifs is 7. The van der Waals surface area contributed by atoms with E-state index < -0.39 is 16.2 Å². The predicted molar refractivity (Wildman–Crippen MR) is 226 cm³/mol. The van der Waals surface area contributed by atoms with E-state index in [0.29, 0.717) is 0 Å². The van der Waals surface area contributed by atoms with Gasteiger partial charge >= 0.3 is 47.7 Å². The van der Waals surface area contributed by atoms with Crippen molar-refractivity contribution in [2.75, 3.05) is 0 Å². The van der Waals surface area contributed by atoms with Crippen molar-refractivity contribution in [2.45, 2.75) is 0 Å². The first-order chi connectivity index (χ1) is 25.7. The van der Waals surface area contributed by atoms with E-state index in [1.54, 1.807) is 0 Å². The van der Waals surface area contributed by atoms with Crippen LogP contribution in [0.3, 0.4) is 0 Å². The van der Waals surface area contributed by atoms with Crippen molar-refractivity contribution >= 4 is 104 Å². The van der Waals surface area contributed by atoms with Crippen LogP contribution in [0.5, 0.6) is 5.75 Å². The molecule has 0 aliphatic heterocycles. The molecule has 8 heteroatoms. The quantitative estimate of drug-likeness (QED) is 0.156. The molecule has 257 valence electrons. The maximum absolute atomic E-state index is 7.15. The Morgan fingerprint density at radius 1 is 0.481 bits per heavy atom. The van der Waals surface area contributed by atoms with Gasteiger partial charge in [0.05, 0.1) is 0 Å². The molecule has 1 heterocycles. The Labute approximate surface area is 324 Å². The molecule has 0 aliphatic carbocycles. The normalized spacial score (nSPS) is 11.2. The first kappa shape index (κ1) is 34.9. The van der Waals surface area contributed by atoms with Crippen LogP contribution in [-0.4, -0.2) is 0 Å². The van der Waals surface area contributed by atoms with Crippen molar-refractivity contribution in [3.63, 3.8) is 0 Å². The molecule has 0 unspecified atom stereocenters. The van der Waals surface area contributed by atoms with E-state index in [0.717, 1.165) is 76.8 Å². The van der Waals surface area contributed by atoms with Crippen LogP contribution < -0.4 is 20.4 Å². The van der Waals surface area contributed by atoms with Crippen molar-refractivity contribution in [3.05, 3.63) is 182 Å².